The highest BCUT2D eigenvalue weighted by molar-refractivity contribution is 4.61. The molecule has 0 amide bonds. The Balaban J connectivity index is 0.00000361. The standard InChI is InChI=1S/C6H11N2.ClH/c1-3-8-5-4-7(2)6-8;/h4-6H,3H2,1-2H3;1H/q+1;/p-1/i1D3,2D3,3D2,4D,5D,6D;. The third-order valence-electron chi connectivity index (χ3n) is 0.585. The van der Waals surface area contributed by atoms with E-state index < -0.39 is 39.0 Å². The molecule has 2 nitrogen and oxygen atoms in total. The van der Waals surface area contributed by atoms with Crippen molar-refractivity contribution in [1.29, 1.82) is 0 Å². The van der Waals surface area contributed by atoms with E-state index in [9.17, 15) is 0 Å². The van der Waals surface area contributed by atoms with E-state index in [1.54, 1.807) is 0 Å². The van der Waals surface area contributed by atoms with Crippen LogP contribution in [0.3, 0.4) is 0 Å². The Bertz CT molecular complexity index is 498. The number of hydrogen-bond acceptors (Lipinski definition) is 0. The van der Waals surface area contributed by atoms with Gasteiger partial charge in [-0.05, 0) is 6.85 Å². The molecule has 0 saturated carbocycles. The summed E-state index contributed by atoms with van der Waals surface area (Å²) >= 11 is 0. The summed E-state index contributed by atoms with van der Waals surface area (Å²) in [7, 11) is 0. The van der Waals surface area contributed by atoms with Gasteiger partial charge in [-0.15, -0.1) is 0 Å². The lowest BCUT2D eigenvalue weighted by Gasteiger charge is -1.81. The minimum absolute atomic E-state index is 0. The molecule has 0 aliphatic carbocycles. The van der Waals surface area contributed by atoms with E-state index in [0.29, 0.717) is 0 Å². The van der Waals surface area contributed by atoms with E-state index in [1.807, 2.05) is 0 Å². The zero-order chi connectivity index (χ0) is 15.4. The van der Waals surface area contributed by atoms with Crippen LogP contribution in [0.5, 0.6) is 0 Å². The van der Waals surface area contributed by atoms with Crippen LogP contribution in [0.2, 0.25) is 0 Å². The van der Waals surface area contributed by atoms with Crippen LogP contribution in [0.25, 0.3) is 0 Å². The normalized spacial score (nSPS) is 30.9. The van der Waals surface area contributed by atoms with Gasteiger partial charge in [-0.1, -0.05) is 0 Å². The van der Waals surface area contributed by atoms with Gasteiger partial charge in [-0.3, -0.25) is 0 Å². The van der Waals surface area contributed by atoms with E-state index in [4.69, 9.17) is 15.1 Å². The van der Waals surface area contributed by atoms with E-state index in [1.165, 1.54) is 0 Å². The van der Waals surface area contributed by atoms with Gasteiger partial charge in [-0.2, -0.15) is 0 Å². The molecule has 9 heavy (non-hydrogen) atoms. The maximum Gasteiger partial charge on any atom is 0.243 e. The molecule has 0 aliphatic heterocycles. The monoisotopic (exact) mass is 157 g/mol. The van der Waals surface area contributed by atoms with Gasteiger partial charge < -0.3 is 12.4 Å². The average molecular weight is 158 g/mol. The number of halogens is 1. The lowest BCUT2D eigenvalue weighted by Crippen LogP contribution is -3.00. The molecule has 0 bridgehead atoms. The quantitative estimate of drug-likeness (QED) is 0.394. The smallest absolute Gasteiger partial charge is 0.243 e. The maximum absolute atomic E-state index is 7.54. The molecule has 0 aliphatic rings. The van der Waals surface area contributed by atoms with Crippen LogP contribution in [-0.4, -0.2) is 4.57 Å². The molecule has 1 aromatic heterocycles. The molecule has 0 N–H and O–H groups in total. The van der Waals surface area contributed by atoms with Crippen molar-refractivity contribution in [1.82, 2.24) is 4.57 Å². The van der Waals surface area contributed by atoms with Crippen molar-refractivity contribution < 1.29 is 32.1 Å². The topological polar surface area (TPSA) is 8.81 Å². The molecular weight excluding hydrogens is 136 g/mol. The number of nitrogens with zero attached hydrogens (tertiary/aromatic N) is 2. The van der Waals surface area contributed by atoms with Crippen LogP contribution in [0.4, 0.5) is 0 Å². The third-order valence-corrected chi connectivity index (χ3v) is 0.585. The van der Waals surface area contributed by atoms with E-state index in [-0.39, 0.29) is 21.5 Å². The summed E-state index contributed by atoms with van der Waals surface area (Å²) in [5.74, 6) is 0. The van der Waals surface area contributed by atoms with E-state index >= 15 is 0 Å². The molecule has 0 atom stereocenters. The minimum atomic E-state index is -3.21. The Morgan fingerprint density at radius 2 is 2.89 bits per heavy atom. The predicted octanol–water partition coefficient (Wildman–Crippen LogP) is -2.66. The van der Waals surface area contributed by atoms with Crippen molar-refractivity contribution in [2.24, 2.45) is 6.98 Å². The lowest BCUT2D eigenvalue weighted by atomic mass is 10.7. The van der Waals surface area contributed by atoms with Crippen molar-refractivity contribution in [2.75, 3.05) is 0 Å². The Morgan fingerprint density at radius 1 is 2.00 bits per heavy atom. The third kappa shape index (κ3) is 2.06. The predicted molar refractivity (Wildman–Crippen MR) is 31.3 cm³/mol. The van der Waals surface area contributed by atoms with Gasteiger partial charge in [0.2, 0.25) is 6.30 Å². The van der Waals surface area contributed by atoms with Crippen molar-refractivity contribution in [3.05, 3.63) is 18.6 Å². The summed E-state index contributed by atoms with van der Waals surface area (Å²) in [6.07, 6.45) is -3.00. The van der Waals surface area contributed by atoms with Crippen LogP contribution >= 0.6 is 0 Å². The second-order valence-corrected chi connectivity index (χ2v) is 1.11. The summed E-state index contributed by atoms with van der Waals surface area (Å²) in [5, 5.41) is 0. The van der Waals surface area contributed by atoms with Gasteiger partial charge in [0.1, 0.15) is 15.1 Å². The molecule has 0 fully saturated rings. The average Bonchev–Trinajstić information content (AvgIpc) is 2.34. The number of aromatic nitrogens is 2. The molecule has 0 radical (unpaired) electrons. The Hall–Kier alpha value is -0.500. The molecule has 52 valence electrons. The zero-order valence-electron chi connectivity index (χ0n) is 15.3. The molecule has 1 heterocycles. The fourth-order valence-corrected chi connectivity index (χ4v) is 0.303. The van der Waals surface area contributed by atoms with Crippen molar-refractivity contribution in [2.45, 2.75) is 13.3 Å². The molecule has 0 saturated heterocycles. The van der Waals surface area contributed by atoms with Crippen LogP contribution < -0.4 is 17.0 Å². The first-order valence-corrected chi connectivity index (χ1v) is 1.84. The van der Waals surface area contributed by atoms with Crippen molar-refractivity contribution in [3.63, 3.8) is 0 Å². The van der Waals surface area contributed by atoms with Crippen LogP contribution in [0, 0.1) is 0 Å². The van der Waals surface area contributed by atoms with Gasteiger partial charge in [0.25, 0.3) is 0 Å². The van der Waals surface area contributed by atoms with Crippen molar-refractivity contribution >= 4 is 0 Å². The second-order valence-electron chi connectivity index (χ2n) is 1.11. The fourth-order valence-electron chi connectivity index (χ4n) is 0.303. The first kappa shape index (κ1) is 1.40. The van der Waals surface area contributed by atoms with Crippen LogP contribution in [0.15, 0.2) is 18.6 Å². The molecular formula is C6H11ClN2. The Kier molecular flexibility index (Phi) is 0.545. The Morgan fingerprint density at radius 3 is 3.44 bits per heavy atom. The van der Waals surface area contributed by atoms with Gasteiger partial charge >= 0.3 is 0 Å². The zero-order valence-corrected chi connectivity index (χ0v) is 5.03. The Labute approximate surface area is 77.0 Å². The number of rotatable bonds is 1. The molecule has 1 rings (SSSR count). The molecule has 0 aromatic carbocycles. The largest absolute Gasteiger partial charge is 1.00 e. The van der Waals surface area contributed by atoms with Crippen LogP contribution in [0.1, 0.15) is 21.9 Å². The van der Waals surface area contributed by atoms with Crippen molar-refractivity contribution in [3.8, 4) is 0 Å². The highest BCUT2D eigenvalue weighted by atomic mass is 35.5. The molecule has 0 spiro atoms. The van der Waals surface area contributed by atoms with Gasteiger partial charge in [-0.25, -0.2) is 9.13 Å². The minimum Gasteiger partial charge on any atom is -1.00 e. The molecule has 3 heteroatoms. The number of imidazole rings is 1. The van der Waals surface area contributed by atoms with Gasteiger partial charge in [0.15, 0.2) is 1.37 Å². The molecule has 0 unspecified atom stereocenters. The first-order valence-electron chi connectivity index (χ1n) is 7.34. The summed E-state index contributed by atoms with van der Waals surface area (Å²) in [6, 6.07) is 0. The summed E-state index contributed by atoms with van der Waals surface area (Å²) in [6.45, 7) is -9.34. The summed E-state index contributed by atoms with van der Waals surface area (Å²) < 4.78 is 80.1. The summed E-state index contributed by atoms with van der Waals surface area (Å²) in [5.41, 5.74) is 0. The van der Waals surface area contributed by atoms with E-state index in [2.05, 4.69) is 0 Å². The fraction of sp³-hybridized carbons (Fsp3) is 0.500. The molecule has 1 aromatic rings. The lowest BCUT2D eigenvalue weighted by molar-refractivity contribution is -0.693. The van der Waals surface area contributed by atoms with Gasteiger partial charge in [0.05, 0.1) is 20.3 Å². The van der Waals surface area contributed by atoms with Crippen LogP contribution in [-0.2, 0) is 13.5 Å². The maximum atomic E-state index is 7.54. The van der Waals surface area contributed by atoms with Gasteiger partial charge in [0, 0.05) is 4.11 Å². The highest BCUT2D eigenvalue weighted by Crippen LogP contribution is 1.74. The van der Waals surface area contributed by atoms with E-state index in [0.717, 1.165) is 0 Å². The SMILES string of the molecule is [2H]c1c([2H])[n+](C([2H])([2H])C([2H])([2H])[2H])c([2H])n1C([2H])([2H])[2H].[Cl-]. The number of hydrogen-bond donors (Lipinski definition) is 0. The second kappa shape index (κ2) is 3.51. The first-order chi connectivity index (χ1) is 8.23. The summed E-state index contributed by atoms with van der Waals surface area (Å²) in [4.78, 5) is 0. The highest BCUT2D eigenvalue weighted by Gasteiger charge is 1.92.